The summed E-state index contributed by atoms with van der Waals surface area (Å²) >= 11 is 1.39. The highest BCUT2D eigenvalue weighted by molar-refractivity contribution is 7.84. The number of nitrogens with one attached hydrogen (secondary N) is 1. The number of benzene rings is 1. The molecule has 5 rings (SSSR count). The van der Waals surface area contributed by atoms with Crippen LogP contribution in [0.1, 0.15) is 40.1 Å². The first-order valence-corrected chi connectivity index (χ1v) is 13.5. The molecule has 4 aromatic rings. The molecule has 3 heterocycles. The van der Waals surface area contributed by atoms with E-state index < -0.39 is 10.3 Å². The molecule has 3 N–H and O–H groups in total. The number of hydrogen-bond acceptors (Lipinski definition) is 9. The SMILES string of the molecule is NS(=O)(=O)OC[C@@H]1CCC(Nc2ncncc2C(=O)c2cc(Cn3cnc4ccccc43)cs2)C1. The van der Waals surface area contributed by atoms with Crippen LogP contribution in [0.15, 0.2) is 54.6 Å². The lowest BCUT2D eigenvalue weighted by atomic mass is 10.1. The zero-order chi connectivity index (χ0) is 24.4. The molecule has 1 fully saturated rings. The van der Waals surface area contributed by atoms with Crippen molar-refractivity contribution in [2.24, 2.45) is 11.1 Å². The molecule has 10 nitrogen and oxygen atoms in total. The van der Waals surface area contributed by atoms with Gasteiger partial charge in [0.25, 0.3) is 0 Å². The summed E-state index contributed by atoms with van der Waals surface area (Å²) in [5.74, 6) is 0.386. The van der Waals surface area contributed by atoms with E-state index in [2.05, 4.69) is 24.8 Å². The van der Waals surface area contributed by atoms with Crippen LogP contribution in [0.3, 0.4) is 0 Å². The van der Waals surface area contributed by atoms with Gasteiger partial charge < -0.3 is 9.88 Å². The molecule has 182 valence electrons. The van der Waals surface area contributed by atoms with Gasteiger partial charge in [0.2, 0.25) is 5.78 Å². The van der Waals surface area contributed by atoms with Crippen molar-refractivity contribution in [2.75, 3.05) is 11.9 Å². The second-order valence-corrected chi connectivity index (χ2v) is 10.7. The van der Waals surface area contributed by atoms with Crippen molar-refractivity contribution < 1.29 is 17.4 Å². The Morgan fingerprint density at radius 3 is 2.97 bits per heavy atom. The van der Waals surface area contributed by atoms with Crippen LogP contribution in [0.4, 0.5) is 5.82 Å². The second-order valence-electron chi connectivity index (χ2n) is 8.59. The van der Waals surface area contributed by atoms with Gasteiger partial charge in [-0.05, 0) is 54.3 Å². The van der Waals surface area contributed by atoms with Crippen molar-refractivity contribution in [3.05, 3.63) is 70.6 Å². The summed E-state index contributed by atoms with van der Waals surface area (Å²) < 4.78 is 28.9. The highest BCUT2D eigenvalue weighted by atomic mass is 32.2. The maximum Gasteiger partial charge on any atom is 0.333 e. The van der Waals surface area contributed by atoms with Gasteiger partial charge in [0, 0.05) is 18.8 Å². The average Bonchev–Trinajstić information content (AvgIpc) is 3.58. The van der Waals surface area contributed by atoms with Gasteiger partial charge >= 0.3 is 10.3 Å². The van der Waals surface area contributed by atoms with Crippen LogP contribution in [-0.4, -0.2) is 46.4 Å². The molecule has 1 aliphatic carbocycles. The normalized spacial score (nSPS) is 18.2. The zero-order valence-corrected chi connectivity index (χ0v) is 20.3. The molecule has 1 saturated carbocycles. The van der Waals surface area contributed by atoms with Gasteiger partial charge in [-0.25, -0.2) is 20.1 Å². The average molecular weight is 513 g/mol. The highest BCUT2D eigenvalue weighted by Crippen LogP contribution is 2.30. The number of rotatable bonds is 9. The Bertz CT molecular complexity index is 1470. The van der Waals surface area contributed by atoms with Crippen molar-refractivity contribution in [1.82, 2.24) is 19.5 Å². The van der Waals surface area contributed by atoms with E-state index in [1.165, 1.54) is 23.9 Å². The predicted octanol–water partition coefficient (Wildman–Crippen LogP) is 2.97. The largest absolute Gasteiger partial charge is 0.367 e. The number of fused-ring (bicyclic) bond motifs is 1. The number of para-hydroxylation sites is 2. The van der Waals surface area contributed by atoms with E-state index in [4.69, 9.17) is 9.32 Å². The third kappa shape index (κ3) is 5.56. The zero-order valence-electron chi connectivity index (χ0n) is 18.7. The summed E-state index contributed by atoms with van der Waals surface area (Å²) in [4.78, 5) is 26.7. The predicted molar refractivity (Wildman–Crippen MR) is 132 cm³/mol. The summed E-state index contributed by atoms with van der Waals surface area (Å²) in [6.07, 6.45) is 7.02. The molecule has 1 aliphatic rings. The van der Waals surface area contributed by atoms with Gasteiger partial charge in [0.1, 0.15) is 12.1 Å². The van der Waals surface area contributed by atoms with Crippen molar-refractivity contribution in [3.8, 4) is 0 Å². The number of aromatic nitrogens is 4. The summed E-state index contributed by atoms with van der Waals surface area (Å²) in [7, 11) is -3.95. The molecule has 12 heteroatoms. The van der Waals surface area contributed by atoms with Gasteiger partial charge in [-0.2, -0.15) is 8.42 Å². The molecule has 0 bridgehead atoms. The first-order valence-electron chi connectivity index (χ1n) is 11.1. The maximum atomic E-state index is 13.3. The Labute approximate surface area is 206 Å². The van der Waals surface area contributed by atoms with E-state index >= 15 is 0 Å². The molecule has 1 unspecified atom stereocenters. The van der Waals surface area contributed by atoms with Crippen LogP contribution < -0.4 is 10.5 Å². The minimum absolute atomic E-state index is 0.0407. The molecule has 35 heavy (non-hydrogen) atoms. The quantitative estimate of drug-likeness (QED) is 0.326. The van der Waals surface area contributed by atoms with Gasteiger partial charge in [0.05, 0.1) is 34.4 Å². The van der Waals surface area contributed by atoms with Gasteiger partial charge in [0.15, 0.2) is 0 Å². The van der Waals surface area contributed by atoms with Crippen LogP contribution in [0.25, 0.3) is 11.0 Å². The number of carbonyl (C=O) groups excluding carboxylic acids is 1. The number of nitrogens with two attached hydrogens (primary N) is 1. The van der Waals surface area contributed by atoms with Crippen LogP contribution in [-0.2, 0) is 21.0 Å². The van der Waals surface area contributed by atoms with Crippen LogP contribution in [0, 0.1) is 5.92 Å². The van der Waals surface area contributed by atoms with E-state index in [9.17, 15) is 13.2 Å². The Kier molecular flexibility index (Phi) is 6.60. The van der Waals surface area contributed by atoms with Gasteiger partial charge in [-0.3, -0.25) is 8.98 Å². The third-order valence-corrected chi connectivity index (χ3v) is 7.51. The lowest BCUT2D eigenvalue weighted by molar-refractivity contribution is 0.104. The number of anilines is 1. The fraction of sp³-hybridized carbons (Fsp3) is 0.304. The van der Waals surface area contributed by atoms with E-state index in [0.29, 0.717) is 29.2 Å². The van der Waals surface area contributed by atoms with Crippen molar-refractivity contribution in [2.45, 2.75) is 31.8 Å². The Morgan fingerprint density at radius 1 is 1.26 bits per heavy atom. The topological polar surface area (TPSA) is 142 Å². The highest BCUT2D eigenvalue weighted by Gasteiger charge is 2.28. The first-order chi connectivity index (χ1) is 16.9. The molecule has 3 aromatic heterocycles. The smallest absolute Gasteiger partial charge is 0.333 e. The molecule has 2 atom stereocenters. The van der Waals surface area contributed by atoms with Gasteiger partial charge in [-0.1, -0.05) is 12.1 Å². The second kappa shape index (κ2) is 9.82. The number of carbonyl (C=O) groups is 1. The fourth-order valence-electron chi connectivity index (χ4n) is 4.40. The monoisotopic (exact) mass is 512 g/mol. The maximum absolute atomic E-state index is 13.3. The lowest BCUT2D eigenvalue weighted by Gasteiger charge is -2.15. The fourth-order valence-corrected chi connectivity index (χ4v) is 5.64. The van der Waals surface area contributed by atoms with Crippen LogP contribution in [0.5, 0.6) is 0 Å². The minimum Gasteiger partial charge on any atom is -0.367 e. The Balaban J connectivity index is 1.27. The molecule has 0 spiro atoms. The Hall–Kier alpha value is -3.19. The molecule has 0 radical (unpaired) electrons. The van der Waals surface area contributed by atoms with Crippen LogP contribution in [0.2, 0.25) is 0 Å². The standard InChI is InChI=1S/C23H24N6O4S2/c24-35(31,32)33-11-15-5-6-17(7-15)28-23-18(9-25-13-26-23)22(30)21-8-16(12-34-21)10-29-14-27-19-3-1-2-4-20(19)29/h1-4,8-9,12-15,17H,5-7,10-11H2,(H2,24,31,32)(H,25,26,28)/t15-,17?/m1/s1. The van der Waals surface area contributed by atoms with Crippen LogP contribution >= 0.6 is 11.3 Å². The summed E-state index contributed by atoms with van der Waals surface area (Å²) in [6.45, 7) is 0.668. The van der Waals surface area contributed by atoms with Crippen molar-refractivity contribution >= 4 is 44.3 Å². The van der Waals surface area contributed by atoms with Crippen molar-refractivity contribution in [3.63, 3.8) is 0 Å². The molecule has 1 aromatic carbocycles. The summed E-state index contributed by atoms with van der Waals surface area (Å²) in [5, 5.41) is 10.2. The van der Waals surface area contributed by atoms with Crippen molar-refractivity contribution in [1.29, 1.82) is 0 Å². The van der Waals surface area contributed by atoms with E-state index in [1.54, 1.807) is 6.33 Å². The van der Waals surface area contributed by atoms with E-state index in [1.807, 2.05) is 35.7 Å². The summed E-state index contributed by atoms with van der Waals surface area (Å²) in [5.41, 5.74) is 3.39. The number of thiophene rings is 1. The number of nitrogens with zero attached hydrogens (tertiary/aromatic N) is 4. The summed E-state index contributed by atoms with van der Waals surface area (Å²) in [6, 6.07) is 9.87. The third-order valence-electron chi connectivity index (χ3n) is 6.06. The lowest BCUT2D eigenvalue weighted by Crippen LogP contribution is -2.22. The van der Waals surface area contributed by atoms with E-state index in [-0.39, 0.29) is 24.3 Å². The van der Waals surface area contributed by atoms with E-state index in [0.717, 1.165) is 29.4 Å². The number of ketones is 1. The Morgan fingerprint density at radius 2 is 2.11 bits per heavy atom. The molecular weight excluding hydrogens is 488 g/mol. The first kappa shape index (κ1) is 23.5. The minimum atomic E-state index is -3.95. The number of imidazole rings is 1. The molecule has 0 aliphatic heterocycles. The molecular formula is C23H24N6O4S2. The number of hydrogen-bond donors (Lipinski definition) is 2. The molecule has 0 amide bonds. The molecule has 0 saturated heterocycles. The van der Waals surface area contributed by atoms with Gasteiger partial charge in [-0.15, -0.1) is 11.3 Å².